The van der Waals surface area contributed by atoms with Gasteiger partial charge in [0.2, 0.25) is 0 Å². The summed E-state index contributed by atoms with van der Waals surface area (Å²) in [7, 11) is 0. The van der Waals surface area contributed by atoms with Crippen LogP contribution < -0.4 is 10.6 Å². The molecule has 0 saturated carbocycles. The molecule has 0 aliphatic rings. The zero-order valence-corrected chi connectivity index (χ0v) is 13.4. The number of benzene rings is 3. The Bertz CT molecular complexity index is 800. The number of carbonyl (C=O) groups is 1. The lowest BCUT2D eigenvalue weighted by Crippen LogP contribution is -2.28. The maximum Gasteiger partial charge on any atom is 0.319 e. The SMILES string of the molecule is O=C(NCc1ccc(Br)cc1)Nc1ccc2ccccc2c1. The van der Waals surface area contributed by atoms with Gasteiger partial charge in [0.15, 0.2) is 0 Å². The third-order valence-electron chi connectivity index (χ3n) is 3.37. The quantitative estimate of drug-likeness (QED) is 0.688. The first kappa shape index (κ1) is 14.6. The lowest BCUT2D eigenvalue weighted by molar-refractivity contribution is 0.251. The van der Waals surface area contributed by atoms with Gasteiger partial charge in [0.05, 0.1) is 0 Å². The number of hydrogen-bond acceptors (Lipinski definition) is 1. The molecule has 0 fully saturated rings. The van der Waals surface area contributed by atoms with Crippen molar-refractivity contribution in [1.29, 1.82) is 0 Å². The topological polar surface area (TPSA) is 41.1 Å². The number of anilines is 1. The Morgan fingerprint density at radius 3 is 2.41 bits per heavy atom. The highest BCUT2D eigenvalue weighted by Gasteiger charge is 2.02. The average molecular weight is 355 g/mol. The molecule has 3 rings (SSSR count). The van der Waals surface area contributed by atoms with Crippen LogP contribution in [0.3, 0.4) is 0 Å². The molecule has 22 heavy (non-hydrogen) atoms. The Hall–Kier alpha value is -2.33. The van der Waals surface area contributed by atoms with Gasteiger partial charge in [-0.15, -0.1) is 0 Å². The monoisotopic (exact) mass is 354 g/mol. The molecule has 110 valence electrons. The van der Waals surface area contributed by atoms with Gasteiger partial charge in [0, 0.05) is 16.7 Å². The lowest BCUT2D eigenvalue weighted by Gasteiger charge is -2.09. The molecule has 0 saturated heterocycles. The zero-order chi connectivity index (χ0) is 15.4. The second-order valence-electron chi connectivity index (χ2n) is 5.00. The summed E-state index contributed by atoms with van der Waals surface area (Å²) in [5.41, 5.74) is 1.84. The molecule has 2 amide bonds. The Labute approximate surface area is 137 Å². The highest BCUT2D eigenvalue weighted by atomic mass is 79.9. The van der Waals surface area contributed by atoms with Crippen LogP contribution in [-0.4, -0.2) is 6.03 Å². The first-order valence-corrected chi connectivity index (χ1v) is 7.78. The van der Waals surface area contributed by atoms with Crippen LogP contribution >= 0.6 is 15.9 Å². The number of nitrogens with one attached hydrogen (secondary N) is 2. The predicted octanol–water partition coefficient (Wildman–Crippen LogP) is 4.92. The van der Waals surface area contributed by atoms with E-state index in [2.05, 4.69) is 26.6 Å². The minimum atomic E-state index is -0.210. The van der Waals surface area contributed by atoms with Crippen molar-refractivity contribution in [2.45, 2.75) is 6.54 Å². The summed E-state index contributed by atoms with van der Waals surface area (Å²) in [4.78, 5) is 12.0. The van der Waals surface area contributed by atoms with Crippen LogP contribution in [0.2, 0.25) is 0 Å². The van der Waals surface area contributed by atoms with Crippen molar-refractivity contribution >= 4 is 38.4 Å². The van der Waals surface area contributed by atoms with Crippen molar-refractivity contribution in [3.8, 4) is 0 Å². The molecular formula is C18H15BrN2O. The van der Waals surface area contributed by atoms with Crippen LogP contribution in [0.4, 0.5) is 10.5 Å². The van der Waals surface area contributed by atoms with Crippen LogP contribution in [0, 0.1) is 0 Å². The second kappa shape index (κ2) is 6.62. The Morgan fingerprint density at radius 2 is 1.64 bits per heavy atom. The summed E-state index contributed by atoms with van der Waals surface area (Å²) in [5.74, 6) is 0. The molecule has 0 atom stereocenters. The van der Waals surface area contributed by atoms with Gasteiger partial charge in [-0.2, -0.15) is 0 Å². The second-order valence-corrected chi connectivity index (χ2v) is 5.91. The van der Waals surface area contributed by atoms with Gasteiger partial charge in [-0.05, 0) is 40.6 Å². The van der Waals surface area contributed by atoms with E-state index in [-0.39, 0.29) is 6.03 Å². The molecule has 4 heteroatoms. The number of rotatable bonds is 3. The van der Waals surface area contributed by atoms with Crippen molar-refractivity contribution in [1.82, 2.24) is 5.32 Å². The zero-order valence-electron chi connectivity index (χ0n) is 11.8. The maximum atomic E-state index is 12.0. The predicted molar refractivity (Wildman–Crippen MR) is 93.9 cm³/mol. The van der Waals surface area contributed by atoms with E-state index in [1.807, 2.05) is 66.7 Å². The molecule has 0 heterocycles. The molecule has 0 aliphatic carbocycles. The molecule has 0 aliphatic heterocycles. The van der Waals surface area contributed by atoms with E-state index in [9.17, 15) is 4.79 Å². The Balaban J connectivity index is 1.61. The van der Waals surface area contributed by atoms with E-state index in [0.29, 0.717) is 6.54 Å². The summed E-state index contributed by atoms with van der Waals surface area (Å²) in [6.45, 7) is 0.493. The van der Waals surface area contributed by atoms with Crippen LogP contribution in [-0.2, 0) is 6.54 Å². The van der Waals surface area contributed by atoms with Gasteiger partial charge >= 0.3 is 6.03 Å². The normalized spacial score (nSPS) is 10.4. The molecule has 2 N–H and O–H groups in total. The van der Waals surface area contributed by atoms with E-state index in [1.54, 1.807) is 0 Å². The van der Waals surface area contributed by atoms with E-state index in [0.717, 1.165) is 26.5 Å². The van der Waals surface area contributed by atoms with E-state index in [1.165, 1.54) is 0 Å². The minimum absolute atomic E-state index is 0.210. The number of fused-ring (bicyclic) bond motifs is 1. The van der Waals surface area contributed by atoms with Crippen molar-refractivity contribution in [2.24, 2.45) is 0 Å². The van der Waals surface area contributed by atoms with Gasteiger partial charge in [0.1, 0.15) is 0 Å². The Morgan fingerprint density at radius 1 is 0.909 bits per heavy atom. The fraction of sp³-hybridized carbons (Fsp3) is 0.0556. The summed E-state index contributed by atoms with van der Waals surface area (Å²) < 4.78 is 1.02. The van der Waals surface area contributed by atoms with Crippen molar-refractivity contribution in [2.75, 3.05) is 5.32 Å². The molecule has 0 aromatic heterocycles. The van der Waals surface area contributed by atoms with Gasteiger partial charge in [0.25, 0.3) is 0 Å². The van der Waals surface area contributed by atoms with Crippen molar-refractivity contribution in [3.63, 3.8) is 0 Å². The number of halogens is 1. The van der Waals surface area contributed by atoms with Crippen LogP contribution in [0.5, 0.6) is 0 Å². The van der Waals surface area contributed by atoms with E-state index < -0.39 is 0 Å². The summed E-state index contributed by atoms with van der Waals surface area (Å²) in [5, 5.41) is 7.97. The first-order valence-electron chi connectivity index (χ1n) is 6.99. The van der Waals surface area contributed by atoms with Crippen LogP contribution in [0.15, 0.2) is 71.2 Å². The smallest absolute Gasteiger partial charge is 0.319 e. The van der Waals surface area contributed by atoms with E-state index >= 15 is 0 Å². The molecule has 3 aromatic carbocycles. The molecule has 0 bridgehead atoms. The number of amides is 2. The van der Waals surface area contributed by atoms with Crippen molar-refractivity contribution in [3.05, 3.63) is 76.8 Å². The standard InChI is InChI=1S/C18H15BrN2O/c19-16-8-5-13(6-9-16)12-20-18(22)21-17-10-7-14-3-1-2-4-15(14)11-17/h1-11H,12H2,(H2,20,21,22). The number of carbonyl (C=O) groups excluding carboxylic acids is 1. The lowest BCUT2D eigenvalue weighted by atomic mass is 10.1. The van der Waals surface area contributed by atoms with Gasteiger partial charge in [-0.1, -0.05) is 58.4 Å². The third kappa shape index (κ3) is 3.65. The molecule has 0 unspecified atom stereocenters. The third-order valence-corrected chi connectivity index (χ3v) is 3.90. The molecular weight excluding hydrogens is 340 g/mol. The molecule has 0 spiro atoms. The maximum absolute atomic E-state index is 12.0. The fourth-order valence-corrected chi connectivity index (χ4v) is 2.49. The van der Waals surface area contributed by atoms with Gasteiger partial charge in [-0.3, -0.25) is 0 Å². The highest BCUT2D eigenvalue weighted by Crippen LogP contribution is 2.18. The largest absolute Gasteiger partial charge is 0.334 e. The van der Waals surface area contributed by atoms with Crippen LogP contribution in [0.1, 0.15) is 5.56 Å². The number of urea groups is 1. The first-order chi connectivity index (χ1) is 10.7. The molecule has 3 aromatic rings. The van der Waals surface area contributed by atoms with E-state index in [4.69, 9.17) is 0 Å². The van der Waals surface area contributed by atoms with Crippen LogP contribution in [0.25, 0.3) is 10.8 Å². The average Bonchev–Trinajstić information content (AvgIpc) is 2.54. The Kier molecular flexibility index (Phi) is 4.39. The van der Waals surface area contributed by atoms with Gasteiger partial charge < -0.3 is 10.6 Å². The minimum Gasteiger partial charge on any atom is -0.334 e. The van der Waals surface area contributed by atoms with Gasteiger partial charge in [-0.25, -0.2) is 4.79 Å². The summed E-state index contributed by atoms with van der Waals surface area (Å²) in [6.07, 6.45) is 0. The number of hydrogen-bond donors (Lipinski definition) is 2. The highest BCUT2D eigenvalue weighted by molar-refractivity contribution is 9.10. The summed E-state index contributed by atoms with van der Waals surface area (Å²) in [6, 6.07) is 21.6. The molecule has 3 nitrogen and oxygen atoms in total. The van der Waals surface area contributed by atoms with Crippen molar-refractivity contribution < 1.29 is 4.79 Å². The summed E-state index contributed by atoms with van der Waals surface area (Å²) >= 11 is 3.39. The fourth-order valence-electron chi connectivity index (χ4n) is 2.23. The molecule has 0 radical (unpaired) electrons.